The van der Waals surface area contributed by atoms with Crippen molar-refractivity contribution in [2.24, 2.45) is 0 Å². The van der Waals surface area contributed by atoms with Crippen molar-refractivity contribution in [2.45, 2.75) is 15.9 Å². The van der Waals surface area contributed by atoms with Gasteiger partial charge >= 0.3 is 0 Å². The van der Waals surface area contributed by atoms with E-state index in [9.17, 15) is 17.9 Å². The van der Waals surface area contributed by atoms with Gasteiger partial charge in [-0.15, -0.1) is 11.8 Å². The minimum Gasteiger partial charge on any atom is -0.387 e. The van der Waals surface area contributed by atoms with Crippen molar-refractivity contribution in [2.75, 3.05) is 12.8 Å². The van der Waals surface area contributed by atoms with Gasteiger partial charge in [-0.3, -0.25) is 0 Å². The van der Waals surface area contributed by atoms with Gasteiger partial charge in [0.05, 0.1) is 6.10 Å². The molecule has 0 aliphatic heterocycles. The number of benzene rings is 2. The molecule has 1 unspecified atom stereocenters. The van der Waals surface area contributed by atoms with Gasteiger partial charge in [0.25, 0.3) is 0 Å². The summed E-state index contributed by atoms with van der Waals surface area (Å²) in [5, 5.41) is 10.0. The van der Waals surface area contributed by atoms with E-state index in [2.05, 4.69) is 4.72 Å². The standard InChI is InChI=1S/C15H16FNO3S2/c1-21-12-8-6-11(7-9-12)14(18)10-17-22(19,20)15-5-3-2-4-13(15)16/h2-9,14,17-18H,10H2,1H3. The van der Waals surface area contributed by atoms with Gasteiger partial charge in [0, 0.05) is 11.4 Å². The lowest BCUT2D eigenvalue weighted by molar-refractivity contribution is 0.182. The van der Waals surface area contributed by atoms with Crippen LogP contribution in [0.5, 0.6) is 0 Å². The Morgan fingerprint density at radius 1 is 1.18 bits per heavy atom. The third-order valence-corrected chi connectivity index (χ3v) is 5.29. The summed E-state index contributed by atoms with van der Waals surface area (Å²) in [7, 11) is -4.00. The fourth-order valence-electron chi connectivity index (χ4n) is 1.87. The summed E-state index contributed by atoms with van der Waals surface area (Å²) >= 11 is 1.57. The van der Waals surface area contributed by atoms with Crippen molar-refractivity contribution in [3.63, 3.8) is 0 Å². The zero-order chi connectivity index (χ0) is 16.2. The first-order valence-corrected chi connectivity index (χ1v) is 9.21. The van der Waals surface area contributed by atoms with Gasteiger partial charge in [0.2, 0.25) is 10.0 Å². The topological polar surface area (TPSA) is 66.4 Å². The van der Waals surface area contributed by atoms with E-state index in [0.29, 0.717) is 5.56 Å². The first-order valence-electron chi connectivity index (χ1n) is 6.50. The summed E-state index contributed by atoms with van der Waals surface area (Å²) in [5.74, 6) is -0.825. The number of halogens is 1. The van der Waals surface area contributed by atoms with E-state index in [1.54, 1.807) is 23.9 Å². The lowest BCUT2D eigenvalue weighted by Gasteiger charge is -2.13. The maximum atomic E-state index is 13.5. The summed E-state index contributed by atoms with van der Waals surface area (Å²) in [6.07, 6.45) is 0.936. The summed E-state index contributed by atoms with van der Waals surface area (Å²) in [5.41, 5.74) is 0.592. The molecule has 2 aromatic rings. The van der Waals surface area contributed by atoms with E-state index in [1.165, 1.54) is 18.2 Å². The third-order valence-electron chi connectivity index (χ3n) is 3.09. The van der Waals surface area contributed by atoms with Crippen LogP contribution in [0.15, 0.2) is 58.3 Å². The maximum Gasteiger partial charge on any atom is 0.243 e. The monoisotopic (exact) mass is 341 g/mol. The molecule has 2 aromatic carbocycles. The van der Waals surface area contributed by atoms with Crippen LogP contribution in [-0.4, -0.2) is 26.3 Å². The minimum atomic E-state index is -4.00. The average Bonchev–Trinajstić information content (AvgIpc) is 2.53. The molecule has 0 aromatic heterocycles. The largest absolute Gasteiger partial charge is 0.387 e. The van der Waals surface area contributed by atoms with Gasteiger partial charge in [-0.1, -0.05) is 24.3 Å². The number of aliphatic hydroxyl groups excluding tert-OH is 1. The Labute approximate surface area is 133 Å². The zero-order valence-electron chi connectivity index (χ0n) is 11.9. The molecule has 2 rings (SSSR count). The summed E-state index contributed by atoms with van der Waals surface area (Å²) in [6, 6.07) is 12.3. The Morgan fingerprint density at radius 3 is 2.41 bits per heavy atom. The highest BCUT2D eigenvalue weighted by atomic mass is 32.2. The van der Waals surface area contributed by atoms with E-state index >= 15 is 0 Å². The third kappa shape index (κ3) is 4.07. The second-order valence-corrected chi connectivity index (χ2v) is 7.19. The van der Waals surface area contributed by atoms with Crippen molar-refractivity contribution in [1.29, 1.82) is 0 Å². The molecule has 0 spiro atoms. The highest BCUT2D eigenvalue weighted by Gasteiger charge is 2.20. The second-order valence-electron chi connectivity index (χ2n) is 4.57. The molecule has 0 saturated carbocycles. The van der Waals surface area contributed by atoms with Crippen molar-refractivity contribution in [3.8, 4) is 0 Å². The van der Waals surface area contributed by atoms with E-state index in [1.807, 2.05) is 18.4 Å². The van der Waals surface area contributed by atoms with Gasteiger partial charge in [-0.25, -0.2) is 17.5 Å². The fraction of sp³-hybridized carbons (Fsp3) is 0.200. The molecule has 0 saturated heterocycles. The number of hydrogen-bond donors (Lipinski definition) is 2. The number of thioether (sulfide) groups is 1. The van der Waals surface area contributed by atoms with Crippen LogP contribution in [0.4, 0.5) is 4.39 Å². The molecule has 7 heteroatoms. The predicted molar refractivity (Wildman–Crippen MR) is 84.8 cm³/mol. The van der Waals surface area contributed by atoms with Crippen molar-refractivity contribution in [1.82, 2.24) is 4.72 Å². The average molecular weight is 341 g/mol. The first-order chi connectivity index (χ1) is 10.4. The van der Waals surface area contributed by atoms with Gasteiger partial charge < -0.3 is 5.11 Å². The number of aliphatic hydroxyl groups is 1. The Kier molecular flexibility index (Phi) is 5.57. The van der Waals surface area contributed by atoms with Crippen LogP contribution in [0.2, 0.25) is 0 Å². The van der Waals surface area contributed by atoms with Gasteiger partial charge in [0.15, 0.2) is 0 Å². The lowest BCUT2D eigenvalue weighted by atomic mass is 10.1. The molecule has 0 fully saturated rings. The molecule has 0 bridgehead atoms. The molecule has 4 nitrogen and oxygen atoms in total. The van der Waals surface area contributed by atoms with Gasteiger partial charge in [0.1, 0.15) is 10.7 Å². The summed E-state index contributed by atoms with van der Waals surface area (Å²) in [6.45, 7) is -0.227. The van der Waals surface area contributed by atoms with Crippen LogP contribution in [0.1, 0.15) is 11.7 Å². The molecular weight excluding hydrogens is 325 g/mol. The predicted octanol–water partition coefficient (Wildman–Crippen LogP) is 2.56. The summed E-state index contributed by atoms with van der Waals surface area (Å²) in [4.78, 5) is 0.614. The Morgan fingerprint density at radius 2 is 1.82 bits per heavy atom. The maximum absolute atomic E-state index is 13.5. The SMILES string of the molecule is CSc1ccc(C(O)CNS(=O)(=O)c2ccccc2F)cc1. The smallest absolute Gasteiger partial charge is 0.243 e. The normalized spacial score (nSPS) is 13.0. The van der Waals surface area contributed by atoms with Crippen molar-refractivity contribution >= 4 is 21.8 Å². The van der Waals surface area contributed by atoms with Crippen LogP contribution in [0.25, 0.3) is 0 Å². The number of hydrogen-bond acceptors (Lipinski definition) is 4. The molecule has 1 atom stereocenters. The number of sulfonamides is 1. The summed E-state index contributed by atoms with van der Waals surface area (Å²) < 4.78 is 39.8. The molecular formula is C15H16FNO3S2. The zero-order valence-corrected chi connectivity index (χ0v) is 13.5. The van der Waals surface area contributed by atoms with E-state index in [0.717, 1.165) is 11.0 Å². The van der Waals surface area contributed by atoms with E-state index < -0.39 is 26.8 Å². The van der Waals surface area contributed by atoms with Crippen LogP contribution >= 0.6 is 11.8 Å². The molecule has 0 heterocycles. The van der Waals surface area contributed by atoms with Gasteiger partial charge in [-0.2, -0.15) is 0 Å². The highest BCUT2D eigenvalue weighted by Crippen LogP contribution is 2.19. The number of rotatable bonds is 6. The Bertz CT molecular complexity index is 733. The van der Waals surface area contributed by atoms with Crippen LogP contribution in [0.3, 0.4) is 0 Å². The molecule has 0 aliphatic carbocycles. The fourth-order valence-corrected chi connectivity index (χ4v) is 3.40. The van der Waals surface area contributed by atoms with Crippen molar-refractivity contribution < 1.29 is 17.9 Å². The number of nitrogens with one attached hydrogen (secondary N) is 1. The molecule has 0 radical (unpaired) electrons. The second kappa shape index (κ2) is 7.23. The molecule has 0 aliphatic rings. The van der Waals surface area contributed by atoms with Crippen LogP contribution < -0.4 is 4.72 Å². The molecule has 0 amide bonds. The van der Waals surface area contributed by atoms with Crippen LogP contribution in [-0.2, 0) is 10.0 Å². The molecule has 118 valence electrons. The Balaban J connectivity index is 2.06. The van der Waals surface area contributed by atoms with E-state index in [4.69, 9.17) is 0 Å². The first kappa shape index (κ1) is 17.0. The quantitative estimate of drug-likeness (QED) is 0.793. The highest BCUT2D eigenvalue weighted by molar-refractivity contribution is 7.98. The minimum absolute atomic E-state index is 0.227. The van der Waals surface area contributed by atoms with Crippen molar-refractivity contribution in [3.05, 3.63) is 59.9 Å². The van der Waals surface area contributed by atoms with E-state index in [-0.39, 0.29) is 6.54 Å². The Hall–Kier alpha value is -1.41. The molecule has 22 heavy (non-hydrogen) atoms. The van der Waals surface area contributed by atoms with Crippen LogP contribution in [0, 0.1) is 5.82 Å². The molecule has 2 N–H and O–H groups in total. The van der Waals surface area contributed by atoms with Gasteiger partial charge in [-0.05, 0) is 36.1 Å². The lowest BCUT2D eigenvalue weighted by Crippen LogP contribution is -2.29.